The summed E-state index contributed by atoms with van der Waals surface area (Å²) in [5, 5.41) is 14.0. The van der Waals surface area contributed by atoms with Crippen molar-refractivity contribution >= 4 is 11.4 Å². The molecule has 0 bridgehead atoms. The molecule has 0 aliphatic heterocycles. The molecule has 4 nitrogen and oxygen atoms in total. The number of nitrogens with one attached hydrogen (secondary N) is 1. The number of nitrogens with zero attached hydrogens (tertiary/aromatic N) is 1. The second kappa shape index (κ2) is 6.23. The average molecular weight is 236 g/mol. The molecule has 0 aliphatic carbocycles. The lowest BCUT2D eigenvalue weighted by Crippen LogP contribution is -2.05. The molecule has 17 heavy (non-hydrogen) atoms. The van der Waals surface area contributed by atoms with Gasteiger partial charge in [-0.3, -0.25) is 10.1 Å². The summed E-state index contributed by atoms with van der Waals surface area (Å²) in [5.41, 5.74) is 1.68. The molecule has 0 saturated carbocycles. The van der Waals surface area contributed by atoms with Crippen LogP contribution in [0.1, 0.15) is 32.3 Å². The van der Waals surface area contributed by atoms with Crippen molar-refractivity contribution in [2.75, 3.05) is 11.9 Å². The van der Waals surface area contributed by atoms with Gasteiger partial charge in [0.15, 0.2) is 0 Å². The monoisotopic (exact) mass is 236 g/mol. The number of hydrogen-bond acceptors (Lipinski definition) is 3. The molecular formula is C13H20N2O2. The minimum absolute atomic E-state index is 0.162. The molecule has 0 unspecified atom stereocenters. The van der Waals surface area contributed by atoms with Crippen LogP contribution < -0.4 is 5.32 Å². The van der Waals surface area contributed by atoms with Crippen molar-refractivity contribution < 1.29 is 4.92 Å². The highest BCUT2D eigenvalue weighted by atomic mass is 16.6. The van der Waals surface area contributed by atoms with Crippen LogP contribution in [-0.2, 0) is 0 Å². The number of nitro groups is 1. The second-order valence-corrected chi connectivity index (χ2v) is 4.74. The summed E-state index contributed by atoms with van der Waals surface area (Å²) in [6.07, 6.45) is 2.16. The first-order chi connectivity index (χ1) is 8.00. The molecular weight excluding hydrogens is 216 g/mol. The van der Waals surface area contributed by atoms with Gasteiger partial charge in [0.2, 0.25) is 0 Å². The van der Waals surface area contributed by atoms with Crippen LogP contribution >= 0.6 is 0 Å². The summed E-state index contributed by atoms with van der Waals surface area (Å²) >= 11 is 0. The van der Waals surface area contributed by atoms with E-state index in [1.165, 1.54) is 0 Å². The molecule has 0 spiro atoms. The summed E-state index contributed by atoms with van der Waals surface area (Å²) in [6, 6.07) is 5.27. The Balaban J connectivity index is 2.61. The number of aryl methyl sites for hydroxylation is 1. The Kier molecular flexibility index (Phi) is 4.94. The number of rotatable bonds is 6. The van der Waals surface area contributed by atoms with Crippen LogP contribution in [0.25, 0.3) is 0 Å². The zero-order valence-corrected chi connectivity index (χ0v) is 10.7. The van der Waals surface area contributed by atoms with E-state index < -0.39 is 0 Å². The predicted molar refractivity (Wildman–Crippen MR) is 70.4 cm³/mol. The Morgan fingerprint density at radius 1 is 1.41 bits per heavy atom. The standard InChI is InChI=1S/C13H20N2O2/c1-10(2)5-4-8-14-12-7-6-11(3)9-13(12)15(16)17/h6-7,9-10,14H,4-5,8H2,1-3H3. The van der Waals surface area contributed by atoms with E-state index in [1.54, 1.807) is 12.1 Å². The number of nitro benzene ring substituents is 1. The molecule has 1 N–H and O–H groups in total. The summed E-state index contributed by atoms with van der Waals surface area (Å²) < 4.78 is 0. The Labute approximate surface area is 102 Å². The van der Waals surface area contributed by atoms with Crippen molar-refractivity contribution in [3.63, 3.8) is 0 Å². The molecule has 0 fully saturated rings. The molecule has 0 amide bonds. The lowest BCUT2D eigenvalue weighted by atomic mass is 10.1. The van der Waals surface area contributed by atoms with E-state index in [0.717, 1.165) is 24.9 Å². The predicted octanol–water partition coefficient (Wildman–Crippen LogP) is 3.75. The van der Waals surface area contributed by atoms with E-state index >= 15 is 0 Å². The van der Waals surface area contributed by atoms with E-state index in [-0.39, 0.29) is 10.6 Å². The van der Waals surface area contributed by atoms with Crippen molar-refractivity contribution in [3.05, 3.63) is 33.9 Å². The van der Waals surface area contributed by atoms with Crippen LogP contribution in [0.15, 0.2) is 18.2 Å². The fraction of sp³-hybridized carbons (Fsp3) is 0.538. The fourth-order valence-corrected chi connectivity index (χ4v) is 1.68. The molecule has 0 radical (unpaired) electrons. The minimum atomic E-state index is -0.336. The van der Waals surface area contributed by atoms with Crippen LogP contribution in [-0.4, -0.2) is 11.5 Å². The van der Waals surface area contributed by atoms with Gasteiger partial charge in [-0.25, -0.2) is 0 Å². The maximum Gasteiger partial charge on any atom is 0.292 e. The smallest absolute Gasteiger partial charge is 0.292 e. The van der Waals surface area contributed by atoms with Gasteiger partial charge >= 0.3 is 0 Å². The first-order valence-electron chi connectivity index (χ1n) is 5.99. The van der Waals surface area contributed by atoms with Crippen LogP contribution in [0.3, 0.4) is 0 Å². The minimum Gasteiger partial charge on any atom is -0.379 e. The van der Waals surface area contributed by atoms with E-state index in [9.17, 15) is 10.1 Å². The fourth-order valence-electron chi connectivity index (χ4n) is 1.68. The highest BCUT2D eigenvalue weighted by Gasteiger charge is 2.12. The zero-order chi connectivity index (χ0) is 12.8. The Hall–Kier alpha value is -1.58. The van der Waals surface area contributed by atoms with Crippen molar-refractivity contribution in [3.8, 4) is 0 Å². The Morgan fingerprint density at radius 3 is 2.71 bits per heavy atom. The number of hydrogen-bond donors (Lipinski definition) is 1. The first kappa shape index (κ1) is 13.5. The van der Waals surface area contributed by atoms with Gasteiger partial charge in [0.05, 0.1) is 4.92 Å². The van der Waals surface area contributed by atoms with Crippen molar-refractivity contribution in [1.29, 1.82) is 0 Å². The summed E-state index contributed by atoms with van der Waals surface area (Å²) in [6.45, 7) is 6.99. The van der Waals surface area contributed by atoms with E-state index in [0.29, 0.717) is 11.6 Å². The molecule has 0 atom stereocenters. The third-order valence-electron chi connectivity index (χ3n) is 2.62. The van der Waals surface area contributed by atoms with Crippen molar-refractivity contribution in [2.24, 2.45) is 5.92 Å². The number of benzene rings is 1. The van der Waals surface area contributed by atoms with Gasteiger partial charge in [-0.15, -0.1) is 0 Å². The molecule has 0 saturated heterocycles. The maximum absolute atomic E-state index is 10.9. The largest absolute Gasteiger partial charge is 0.379 e. The Bertz CT molecular complexity index is 389. The molecule has 1 aromatic rings. The van der Waals surface area contributed by atoms with Crippen molar-refractivity contribution in [2.45, 2.75) is 33.6 Å². The van der Waals surface area contributed by atoms with E-state index in [2.05, 4.69) is 19.2 Å². The topological polar surface area (TPSA) is 55.2 Å². The van der Waals surface area contributed by atoms with Crippen LogP contribution in [0, 0.1) is 23.0 Å². The second-order valence-electron chi connectivity index (χ2n) is 4.74. The van der Waals surface area contributed by atoms with Crippen molar-refractivity contribution in [1.82, 2.24) is 0 Å². The van der Waals surface area contributed by atoms with Gasteiger partial charge < -0.3 is 5.32 Å². The lowest BCUT2D eigenvalue weighted by molar-refractivity contribution is -0.384. The molecule has 1 rings (SSSR count). The Morgan fingerprint density at radius 2 is 2.12 bits per heavy atom. The van der Waals surface area contributed by atoms with Gasteiger partial charge in [-0.2, -0.15) is 0 Å². The molecule has 0 aliphatic rings. The zero-order valence-electron chi connectivity index (χ0n) is 10.7. The average Bonchev–Trinajstić information content (AvgIpc) is 2.25. The SMILES string of the molecule is Cc1ccc(NCCCC(C)C)c([N+](=O)[O-])c1. The highest BCUT2D eigenvalue weighted by molar-refractivity contribution is 5.62. The molecule has 0 heterocycles. The summed E-state index contributed by atoms with van der Waals surface area (Å²) in [4.78, 5) is 10.5. The van der Waals surface area contributed by atoms with Gasteiger partial charge in [0.1, 0.15) is 5.69 Å². The van der Waals surface area contributed by atoms with Crippen LogP contribution in [0.2, 0.25) is 0 Å². The van der Waals surface area contributed by atoms with Gasteiger partial charge in [0, 0.05) is 12.6 Å². The third kappa shape index (κ3) is 4.43. The third-order valence-corrected chi connectivity index (χ3v) is 2.62. The highest BCUT2D eigenvalue weighted by Crippen LogP contribution is 2.25. The quantitative estimate of drug-likeness (QED) is 0.465. The number of anilines is 1. The van der Waals surface area contributed by atoms with E-state index in [4.69, 9.17) is 0 Å². The van der Waals surface area contributed by atoms with Crippen LogP contribution in [0.4, 0.5) is 11.4 Å². The molecule has 4 heteroatoms. The van der Waals surface area contributed by atoms with Gasteiger partial charge in [0.25, 0.3) is 5.69 Å². The molecule has 94 valence electrons. The lowest BCUT2D eigenvalue weighted by Gasteiger charge is -2.08. The maximum atomic E-state index is 10.9. The molecule has 1 aromatic carbocycles. The summed E-state index contributed by atoms with van der Waals surface area (Å²) in [7, 11) is 0. The molecule has 0 aromatic heterocycles. The van der Waals surface area contributed by atoms with E-state index in [1.807, 2.05) is 13.0 Å². The summed E-state index contributed by atoms with van der Waals surface area (Å²) in [5.74, 6) is 0.671. The first-order valence-corrected chi connectivity index (χ1v) is 5.99. The van der Waals surface area contributed by atoms with Gasteiger partial charge in [-0.05, 0) is 37.3 Å². The normalized spacial score (nSPS) is 10.6. The van der Waals surface area contributed by atoms with Crippen LogP contribution in [0.5, 0.6) is 0 Å². The van der Waals surface area contributed by atoms with Gasteiger partial charge in [-0.1, -0.05) is 19.9 Å².